The summed E-state index contributed by atoms with van der Waals surface area (Å²) in [6.45, 7) is 2.00. The predicted molar refractivity (Wildman–Crippen MR) is 146 cm³/mol. The van der Waals surface area contributed by atoms with Gasteiger partial charge in [0.25, 0.3) is 0 Å². The average Bonchev–Trinajstić information content (AvgIpc) is 3.68. The van der Waals surface area contributed by atoms with E-state index in [-0.39, 0.29) is 0 Å². The molecule has 1 saturated heterocycles. The summed E-state index contributed by atoms with van der Waals surface area (Å²) in [6.07, 6.45) is 11.9. The maximum atomic E-state index is 10.2. The first-order valence-electron chi connectivity index (χ1n) is 12.8. The Kier molecular flexibility index (Phi) is 9.71. The number of rotatable bonds is 0. The maximum Gasteiger partial charge on any atom is 0.132 e. The highest BCUT2D eigenvalue weighted by Gasteiger charge is 2.07. The molecule has 2 nitrogen and oxygen atoms in total. The van der Waals surface area contributed by atoms with Crippen molar-refractivity contribution in [1.82, 2.24) is 0 Å². The molecule has 2 aliphatic carbocycles. The third-order valence-corrected chi connectivity index (χ3v) is 7.69. The minimum atomic E-state index is 0.454. The number of ketones is 1. The van der Waals surface area contributed by atoms with Crippen LogP contribution in [0.3, 0.4) is 0 Å². The topological polar surface area (TPSA) is 26.3 Å². The number of Topliss-reactive ketones (excluding diaryl/α,β-unsaturated/α-hetero) is 1. The number of thiophene rings is 1. The van der Waals surface area contributed by atoms with Crippen LogP contribution in [-0.4, -0.2) is 19.0 Å². The van der Waals surface area contributed by atoms with Gasteiger partial charge in [0.05, 0.1) is 0 Å². The van der Waals surface area contributed by atoms with Crippen LogP contribution in [0.15, 0.2) is 72.8 Å². The normalized spacial score (nSPS) is 16.5. The van der Waals surface area contributed by atoms with Gasteiger partial charge in [-0.1, -0.05) is 60.7 Å². The molecule has 0 unspecified atom stereocenters. The lowest BCUT2D eigenvalue weighted by Gasteiger charge is -2.13. The van der Waals surface area contributed by atoms with Gasteiger partial charge < -0.3 is 4.74 Å². The van der Waals surface area contributed by atoms with Crippen LogP contribution >= 0.6 is 11.3 Å². The van der Waals surface area contributed by atoms with Gasteiger partial charge in [-0.25, -0.2) is 0 Å². The molecule has 4 aromatic rings. The first-order valence-corrected chi connectivity index (χ1v) is 13.7. The zero-order valence-electron chi connectivity index (χ0n) is 20.1. The van der Waals surface area contributed by atoms with Gasteiger partial charge in [0.1, 0.15) is 5.78 Å². The fourth-order valence-electron chi connectivity index (χ4n) is 4.63. The van der Waals surface area contributed by atoms with E-state index in [1.165, 1.54) is 58.7 Å². The molecule has 0 N–H and O–H groups in total. The summed E-state index contributed by atoms with van der Waals surface area (Å²) in [5, 5.41) is 2.76. The highest BCUT2D eigenvalue weighted by molar-refractivity contribution is 7.25. The lowest BCUT2D eigenvalue weighted by molar-refractivity contribution is -0.117. The number of hydrogen-bond donors (Lipinski definition) is 0. The van der Waals surface area contributed by atoms with Crippen LogP contribution in [0.4, 0.5) is 0 Å². The lowest BCUT2D eigenvalue weighted by atomic mass is 9.92. The molecule has 2 heterocycles. The minimum absolute atomic E-state index is 0.454. The summed E-state index contributed by atoms with van der Waals surface area (Å²) in [5.41, 5.74) is 3.16. The second-order valence-electron chi connectivity index (χ2n) is 9.14. The molecule has 0 amide bonds. The van der Waals surface area contributed by atoms with Crippen LogP contribution in [0.1, 0.15) is 62.5 Å². The molecule has 0 spiro atoms. The van der Waals surface area contributed by atoms with Gasteiger partial charge in [-0.05, 0) is 74.6 Å². The van der Waals surface area contributed by atoms with Crippen molar-refractivity contribution in [3.05, 3.63) is 83.9 Å². The summed E-state index contributed by atoms with van der Waals surface area (Å²) in [4.78, 5) is 10.2. The number of hydrogen-bond acceptors (Lipinski definition) is 3. The number of fused-ring (bicyclic) bond motifs is 4. The van der Waals surface area contributed by atoms with E-state index in [0.717, 1.165) is 38.9 Å². The summed E-state index contributed by atoms with van der Waals surface area (Å²) in [7, 11) is 0. The molecule has 3 aliphatic rings. The molecular weight excluding hydrogens is 436 g/mol. The van der Waals surface area contributed by atoms with Crippen LogP contribution in [0, 0.1) is 0 Å². The Morgan fingerprint density at radius 3 is 1.38 bits per heavy atom. The van der Waals surface area contributed by atoms with E-state index in [4.69, 9.17) is 4.74 Å². The van der Waals surface area contributed by atoms with Crippen LogP contribution < -0.4 is 0 Å². The molecular formula is C31H36O2S. The Morgan fingerprint density at radius 1 is 0.529 bits per heavy atom. The van der Waals surface area contributed by atoms with Crippen molar-refractivity contribution >= 4 is 37.3 Å². The predicted octanol–water partition coefficient (Wildman–Crippen LogP) is 8.55. The fourth-order valence-corrected chi connectivity index (χ4v) is 5.74. The van der Waals surface area contributed by atoms with Gasteiger partial charge in [-0.2, -0.15) is 0 Å². The SMILES string of the molecule is C1CCOC1.O=C1CCCC1.c1ccc2c(c1)CCCC2.c1ccc2c(c1)sc1ccccc12. The standard InChI is InChI=1S/C12H8S.C10H12.C5H8O.C4H8O/c1-3-7-11-9(5-1)10-6-2-4-8-12(10)13-11;1-2-6-10-8-4-3-7-9(10)5-1;6-5-3-1-2-4-5;1-2-4-5-3-1/h1-8H;1-2,5-6H,3-4,7-8H2;1-4H2;1-4H2. The first-order chi connectivity index (χ1) is 16.8. The average molecular weight is 473 g/mol. The molecule has 1 aromatic heterocycles. The van der Waals surface area contributed by atoms with Crippen molar-refractivity contribution in [2.24, 2.45) is 0 Å². The quantitative estimate of drug-likeness (QED) is 0.256. The molecule has 178 valence electrons. The molecule has 2 fully saturated rings. The van der Waals surface area contributed by atoms with E-state index in [1.807, 2.05) is 11.3 Å². The Labute approximate surface area is 208 Å². The molecule has 3 aromatic carbocycles. The highest BCUT2D eigenvalue weighted by Crippen LogP contribution is 2.32. The van der Waals surface area contributed by atoms with Crippen molar-refractivity contribution in [3.63, 3.8) is 0 Å². The third kappa shape index (κ3) is 7.25. The van der Waals surface area contributed by atoms with Crippen molar-refractivity contribution in [2.45, 2.75) is 64.2 Å². The Morgan fingerprint density at radius 2 is 0.971 bits per heavy atom. The minimum Gasteiger partial charge on any atom is -0.381 e. The number of carbonyl (C=O) groups is 1. The van der Waals surface area contributed by atoms with Gasteiger partial charge in [0, 0.05) is 46.2 Å². The lowest BCUT2D eigenvalue weighted by Crippen LogP contribution is -2.00. The second kappa shape index (κ2) is 13.4. The first kappa shape index (κ1) is 24.6. The number of benzene rings is 3. The smallest absolute Gasteiger partial charge is 0.132 e. The van der Waals surface area contributed by atoms with Crippen LogP contribution in [0.5, 0.6) is 0 Å². The maximum absolute atomic E-state index is 10.2. The van der Waals surface area contributed by atoms with Gasteiger partial charge in [0.15, 0.2) is 0 Å². The zero-order valence-corrected chi connectivity index (χ0v) is 21.0. The van der Waals surface area contributed by atoms with Gasteiger partial charge >= 0.3 is 0 Å². The fraction of sp³-hybridized carbons (Fsp3) is 0.387. The molecule has 1 saturated carbocycles. The van der Waals surface area contributed by atoms with Gasteiger partial charge in [-0.15, -0.1) is 11.3 Å². The third-order valence-electron chi connectivity index (χ3n) is 6.53. The van der Waals surface area contributed by atoms with E-state index in [9.17, 15) is 4.79 Å². The van der Waals surface area contributed by atoms with E-state index in [1.54, 1.807) is 11.1 Å². The van der Waals surface area contributed by atoms with Crippen LogP contribution in [0.2, 0.25) is 0 Å². The van der Waals surface area contributed by atoms with E-state index in [2.05, 4.69) is 72.8 Å². The molecule has 7 rings (SSSR count). The molecule has 0 radical (unpaired) electrons. The van der Waals surface area contributed by atoms with Crippen LogP contribution in [-0.2, 0) is 22.4 Å². The van der Waals surface area contributed by atoms with Crippen LogP contribution in [0.25, 0.3) is 20.2 Å². The summed E-state index contributed by atoms with van der Waals surface area (Å²) < 4.78 is 7.70. The van der Waals surface area contributed by atoms with E-state index >= 15 is 0 Å². The summed E-state index contributed by atoms with van der Waals surface area (Å²) in [6, 6.07) is 25.9. The van der Waals surface area contributed by atoms with Crippen molar-refractivity contribution in [3.8, 4) is 0 Å². The van der Waals surface area contributed by atoms with Crippen molar-refractivity contribution < 1.29 is 9.53 Å². The molecule has 34 heavy (non-hydrogen) atoms. The summed E-state index contributed by atoms with van der Waals surface area (Å²) in [5.74, 6) is 0.454. The monoisotopic (exact) mass is 472 g/mol. The number of aryl methyl sites for hydroxylation is 2. The van der Waals surface area contributed by atoms with E-state index in [0.29, 0.717) is 5.78 Å². The Balaban J connectivity index is 0.000000115. The van der Waals surface area contributed by atoms with Gasteiger partial charge in [-0.3, -0.25) is 4.79 Å². The Bertz CT molecular complexity index is 1080. The number of carbonyl (C=O) groups excluding carboxylic acids is 1. The van der Waals surface area contributed by atoms with Crippen molar-refractivity contribution in [2.75, 3.05) is 13.2 Å². The molecule has 0 atom stereocenters. The van der Waals surface area contributed by atoms with Gasteiger partial charge in [0.2, 0.25) is 0 Å². The largest absolute Gasteiger partial charge is 0.381 e. The summed E-state index contributed by atoms with van der Waals surface area (Å²) >= 11 is 1.86. The molecule has 1 aliphatic heterocycles. The number of ether oxygens (including phenoxy) is 1. The Hall–Kier alpha value is -2.49. The van der Waals surface area contributed by atoms with E-state index < -0.39 is 0 Å². The second-order valence-corrected chi connectivity index (χ2v) is 10.2. The van der Waals surface area contributed by atoms with Crippen molar-refractivity contribution in [1.29, 1.82) is 0 Å². The highest BCUT2D eigenvalue weighted by atomic mass is 32.1. The molecule has 3 heteroatoms. The molecule has 0 bridgehead atoms. The zero-order chi connectivity index (χ0) is 23.4.